The standard InChI is InChI=1S/C29H25ClFN7O4.C7H12FN/c1-15-33-22(42-36-15)7-8-23(40)38-13-16(14-38)12-37(2)28-20-11-32-26(25(31)27(20)34-29(35-28)41-3)19-10-18(39)9-17-5-4-6-21(30)24(17)19;8-6-4-7-2-1-3-9(7)5-6/h4-11,16,39H,12-14H2,1-3H3;6-7H,1-5H2/b8-7+;. The Labute approximate surface area is 297 Å². The van der Waals surface area contributed by atoms with Gasteiger partial charge in [0.05, 0.1) is 12.5 Å². The van der Waals surface area contributed by atoms with Crippen LogP contribution in [0.3, 0.4) is 0 Å². The lowest BCUT2D eigenvalue weighted by Crippen LogP contribution is -2.53. The maximum atomic E-state index is 16.2. The Morgan fingerprint density at radius 2 is 2.04 bits per heavy atom. The molecule has 3 aliphatic rings. The Morgan fingerprint density at radius 3 is 2.78 bits per heavy atom. The third-order valence-electron chi connectivity index (χ3n) is 9.53. The average Bonchev–Trinajstić information content (AvgIpc) is 3.81. The highest BCUT2D eigenvalue weighted by Gasteiger charge is 2.35. The van der Waals surface area contributed by atoms with Gasteiger partial charge >= 0.3 is 6.01 Å². The summed E-state index contributed by atoms with van der Waals surface area (Å²) in [5.41, 5.74) is 0.344. The molecule has 15 heteroatoms. The van der Waals surface area contributed by atoms with Crippen molar-refractivity contribution in [2.24, 2.45) is 5.92 Å². The van der Waals surface area contributed by atoms with Crippen molar-refractivity contribution in [2.75, 3.05) is 51.8 Å². The number of carbonyl (C=O) groups is 1. The minimum Gasteiger partial charge on any atom is -0.508 e. The zero-order chi connectivity index (χ0) is 35.8. The summed E-state index contributed by atoms with van der Waals surface area (Å²) in [6, 6.07) is 8.82. The van der Waals surface area contributed by atoms with E-state index in [1.807, 2.05) is 11.9 Å². The first-order chi connectivity index (χ1) is 24.6. The Kier molecular flexibility index (Phi) is 9.71. The largest absolute Gasteiger partial charge is 0.508 e. The minimum atomic E-state index is -0.696. The summed E-state index contributed by atoms with van der Waals surface area (Å²) in [5, 5.41) is 16.0. The number of phenols is 1. The fraction of sp³-hybridized carbons (Fsp3) is 0.389. The first-order valence-electron chi connectivity index (χ1n) is 16.8. The molecule has 0 aliphatic carbocycles. The number of aryl methyl sites for hydroxylation is 1. The molecule has 1 N–H and O–H groups in total. The molecule has 0 bridgehead atoms. The molecule has 0 spiro atoms. The Bertz CT molecular complexity index is 2110. The molecule has 3 aliphatic heterocycles. The first-order valence-corrected chi connectivity index (χ1v) is 17.1. The summed E-state index contributed by atoms with van der Waals surface area (Å²) in [6.07, 6.45) is 7.22. The highest BCUT2D eigenvalue weighted by molar-refractivity contribution is 6.36. The van der Waals surface area contributed by atoms with E-state index >= 15 is 4.39 Å². The van der Waals surface area contributed by atoms with Gasteiger partial charge in [0.1, 0.15) is 28.9 Å². The molecule has 2 aromatic carbocycles. The van der Waals surface area contributed by atoms with E-state index in [0.717, 1.165) is 13.0 Å². The SMILES string of the molecule is COc1nc(N(C)CC2CN(C(=O)/C=C/c3nc(C)no3)C2)c2cnc(-c3cc(O)cc4cccc(Cl)c34)c(F)c2n1.FC1CC2CCCN2C1. The predicted octanol–water partition coefficient (Wildman–Crippen LogP) is 5.84. The van der Waals surface area contributed by atoms with Crippen LogP contribution < -0.4 is 9.64 Å². The van der Waals surface area contributed by atoms with E-state index in [0.29, 0.717) is 70.6 Å². The van der Waals surface area contributed by atoms with Gasteiger partial charge in [-0.2, -0.15) is 15.0 Å². The Balaban J connectivity index is 0.000000389. The van der Waals surface area contributed by atoms with Crippen LogP contribution in [0.25, 0.3) is 39.0 Å². The smallest absolute Gasteiger partial charge is 0.318 e. The fourth-order valence-corrected chi connectivity index (χ4v) is 7.42. The highest BCUT2D eigenvalue weighted by Crippen LogP contribution is 2.39. The second-order valence-electron chi connectivity index (χ2n) is 13.2. The number of ether oxygens (including phenoxy) is 1. The zero-order valence-corrected chi connectivity index (χ0v) is 29.1. The number of pyridine rings is 1. The molecular formula is C36H37ClF2N8O4. The predicted molar refractivity (Wildman–Crippen MR) is 189 cm³/mol. The van der Waals surface area contributed by atoms with Crippen LogP contribution in [0.2, 0.25) is 5.02 Å². The second kappa shape index (κ2) is 14.3. The number of likely N-dealkylation sites (tertiary alicyclic amines) is 1. The van der Waals surface area contributed by atoms with Crippen molar-refractivity contribution < 1.29 is 27.9 Å². The van der Waals surface area contributed by atoms with Gasteiger partial charge in [0.15, 0.2) is 11.6 Å². The number of methoxy groups -OCH3 is 1. The molecule has 8 rings (SSSR count). The molecule has 3 fully saturated rings. The van der Waals surface area contributed by atoms with Gasteiger partial charge in [-0.1, -0.05) is 28.9 Å². The maximum absolute atomic E-state index is 16.2. The summed E-state index contributed by atoms with van der Waals surface area (Å²) in [7, 11) is 3.24. The molecule has 1 amide bonds. The topological polar surface area (TPSA) is 134 Å². The number of nitrogens with zero attached hydrogens (tertiary/aromatic N) is 8. The first kappa shape index (κ1) is 34.5. The fourth-order valence-electron chi connectivity index (χ4n) is 7.14. The summed E-state index contributed by atoms with van der Waals surface area (Å²) < 4.78 is 39.1. The Morgan fingerprint density at radius 1 is 1.22 bits per heavy atom. The van der Waals surface area contributed by atoms with Crippen LogP contribution in [0.1, 0.15) is 31.0 Å². The lowest BCUT2D eigenvalue weighted by Gasteiger charge is -2.40. The normalized spacial score (nSPS) is 19.0. The van der Waals surface area contributed by atoms with Crippen molar-refractivity contribution >= 4 is 51.1 Å². The molecule has 0 saturated carbocycles. The van der Waals surface area contributed by atoms with Crippen molar-refractivity contribution in [3.05, 3.63) is 65.2 Å². The van der Waals surface area contributed by atoms with E-state index in [-0.39, 0.29) is 40.7 Å². The summed E-state index contributed by atoms with van der Waals surface area (Å²) in [6.45, 7) is 5.18. The van der Waals surface area contributed by atoms with Crippen molar-refractivity contribution in [2.45, 2.75) is 38.4 Å². The van der Waals surface area contributed by atoms with Crippen LogP contribution in [0.4, 0.5) is 14.6 Å². The number of fused-ring (bicyclic) bond motifs is 3. The molecule has 2 unspecified atom stereocenters. The summed E-state index contributed by atoms with van der Waals surface area (Å²) in [5.74, 6) is 0.459. The van der Waals surface area contributed by atoms with Crippen LogP contribution in [-0.4, -0.2) is 105 Å². The molecule has 6 heterocycles. The van der Waals surface area contributed by atoms with E-state index in [4.69, 9.17) is 20.9 Å². The number of hydrogen-bond acceptors (Lipinski definition) is 11. The van der Waals surface area contributed by atoms with E-state index in [1.165, 1.54) is 44.4 Å². The average molecular weight is 719 g/mol. The maximum Gasteiger partial charge on any atom is 0.318 e. The van der Waals surface area contributed by atoms with E-state index < -0.39 is 12.0 Å². The minimum absolute atomic E-state index is 0.00832. The van der Waals surface area contributed by atoms with Crippen molar-refractivity contribution in [1.82, 2.24) is 34.9 Å². The second-order valence-corrected chi connectivity index (χ2v) is 13.6. The molecule has 51 heavy (non-hydrogen) atoms. The molecular weight excluding hydrogens is 682 g/mol. The number of halogens is 3. The quantitative estimate of drug-likeness (QED) is 0.203. The third-order valence-corrected chi connectivity index (χ3v) is 9.84. The molecule has 5 aromatic rings. The van der Waals surface area contributed by atoms with Gasteiger partial charge in [-0.3, -0.25) is 14.7 Å². The van der Waals surface area contributed by atoms with Crippen LogP contribution in [0.15, 0.2) is 47.1 Å². The number of anilines is 1. The number of phenolic OH excluding ortho intramolecular Hbond substituents is 1. The van der Waals surface area contributed by atoms with Crippen molar-refractivity contribution in [3.8, 4) is 23.0 Å². The van der Waals surface area contributed by atoms with Gasteiger partial charge in [0.25, 0.3) is 5.89 Å². The highest BCUT2D eigenvalue weighted by atomic mass is 35.5. The van der Waals surface area contributed by atoms with Gasteiger partial charge in [0.2, 0.25) is 5.91 Å². The zero-order valence-electron chi connectivity index (χ0n) is 28.4. The van der Waals surface area contributed by atoms with Crippen molar-refractivity contribution in [1.29, 1.82) is 0 Å². The molecule has 3 aromatic heterocycles. The number of carbonyl (C=O) groups excluding carboxylic acids is 1. The number of amides is 1. The monoisotopic (exact) mass is 718 g/mol. The van der Waals surface area contributed by atoms with Gasteiger partial charge in [-0.15, -0.1) is 0 Å². The number of alkyl halides is 1. The third kappa shape index (κ3) is 7.15. The molecule has 266 valence electrons. The number of benzene rings is 2. The number of hydrogen-bond donors (Lipinski definition) is 1. The van der Waals surface area contributed by atoms with E-state index in [1.54, 1.807) is 36.1 Å². The van der Waals surface area contributed by atoms with E-state index in [9.17, 15) is 14.3 Å². The summed E-state index contributed by atoms with van der Waals surface area (Å²) in [4.78, 5) is 35.6. The van der Waals surface area contributed by atoms with Gasteiger partial charge in [-0.25, -0.2) is 8.78 Å². The van der Waals surface area contributed by atoms with E-state index in [2.05, 4.69) is 30.0 Å². The van der Waals surface area contributed by atoms with Gasteiger partial charge < -0.3 is 24.2 Å². The number of rotatable bonds is 7. The van der Waals surface area contributed by atoms with Crippen molar-refractivity contribution in [3.63, 3.8) is 0 Å². The lowest BCUT2D eigenvalue weighted by molar-refractivity contribution is -0.131. The van der Waals surface area contributed by atoms with Gasteiger partial charge in [0, 0.05) is 79.5 Å². The molecule has 3 saturated heterocycles. The molecule has 2 atom stereocenters. The van der Waals surface area contributed by atoms with Crippen LogP contribution in [0.5, 0.6) is 11.8 Å². The Hall–Kier alpha value is -4.95. The number of aromatic hydroxyl groups is 1. The summed E-state index contributed by atoms with van der Waals surface area (Å²) >= 11 is 6.47. The van der Waals surface area contributed by atoms with Gasteiger partial charge in [-0.05, 0) is 56.3 Å². The number of aromatic nitrogens is 5. The lowest BCUT2D eigenvalue weighted by atomic mass is 9.99. The molecule has 0 radical (unpaired) electrons. The van der Waals surface area contributed by atoms with Crippen LogP contribution in [0, 0.1) is 18.7 Å². The van der Waals surface area contributed by atoms with Crippen LogP contribution in [-0.2, 0) is 4.79 Å². The molecule has 12 nitrogen and oxygen atoms in total. The van der Waals surface area contributed by atoms with Crippen LogP contribution >= 0.6 is 11.6 Å².